The second-order valence-corrected chi connectivity index (χ2v) is 9.07. The van der Waals surface area contributed by atoms with Gasteiger partial charge in [-0.1, -0.05) is 36.8 Å². The number of Topliss-reactive ketones (excluding diaryl/α,β-unsaturated/α-hetero) is 1. The van der Waals surface area contributed by atoms with Crippen LogP contribution in [0.3, 0.4) is 0 Å². The minimum absolute atomic E-state index is 0.179. The summed E-state index contributed by atoms with van der Waals surface area (Å²) >= 11 is 0. The van der Waals surface area contributed by atoms with Crippen LogP contribution >= 0.6 is 0 Å². The lowest BCUT2D eigenvalue weighted by Crippen LogP contribution is -2.50. The largest absolute Gasteiger partial charge is 0.497 e. The van der Waals surface area contributed by atoms with Crippen molar-refractivity contribution in [1.82, 2.24) is 4.31 Å². The number of methoxy groups -OCH3 is 1. The topological polar surface area (TPSA) is 63.7 Å². The first-order valence-corrected chi connectivity index (χ1v) is 10.7. The number of fused-ring (bicyclic) bond motifs is 4. The summed E-state index contributed by atoms with van der Waals surface area (Å²) in [6.07, 6.45) is 2.63. The highest BCUT2D eigenvalue weighted by atomic mass is 32.2. The third-order valence-electron chi connectivity index (χ3n) is 5.69. The van der Waals surface area contributed by atoms with Crippen LogP contribution in [0.1, 0.15) is 37.3 Å². The second-order valence-electron chi connectivity index (χ2n) is 7.23. The number of benzene rings is 2. The van der Waals surface area contributed by atoms with E-state index in [1.807, 2.05) is 24.3 Å². The number of carbonyl (C=O) groups is 1. The van der Waals surface area contributed by atoms with Gasteiger partial charge in [0.15, 0.2) is 0 Å². The molecule has 0 amide bonds. The summed E-state index contributed by atoms with van der Waals surface area (Å²) in [5.41, 5.74) is 0.847. The standard InChI is InChI=1S/C21H23NO4S/c1-26-17-12-10-15(11-13-17)21-19-9-5-6-16(14-20(19)23)22(21)27(24,25)18-7-3-2-4-8-18/h2-4,7-8,10-13,16,19,21H,5-6,9,14H2,1H3/t16-,19+,21-/m1/s1. The van der Waals surface area contributed by atoms with Gasteiger partial charge in [0.05, 0.1) is 18.0 Å². The molecule has 0 spiro atoms. The zero-order chi connectivity index (χ0) is 19.0. The fraction of sp³-hybridized carbons (Fsp3) is 0.381. The van der Waals surface area contributed by atoms with Gasteiger partial charge < -0.3 is 4.74 Å². The molecule has 5 nitrogen and oxygen atoms in total. The van der Waals surface area contributed by atoms with Gasteiger partial charge in [0.2, 0.25) is 10.0 Å². The molecule has 2 heterocycles. The molecule has 3 fully saturated rings. The fourth-order valence-corrected chi connectivity index (χ4v) is 6.30. The van der Waals surface area contributed by atoms with Crippen molar-refractivity contribution in [3.8, 4) is 5.75 Å². The summed E-state index contributed by atoms with van der Waals surface area (Å²) in [5, 5.41) is 0. The first-order chi connectivity index (χ1) is 13.0. The number of ether oxygens (including phenoxy) is 1. The zero-order valence-electron chi connectivity index (χ0n) is 15.2. The quantitative estimate of drug-likeness (QED) is 0.807. The van der Waals surface area contributed by atoms with E-state index in [1.54, 1.807) is 41.7 Å². The first-order valence-electron chi connectivity index (χ1n) is 9.27. The molecule has 2 bridgehead atoms. The van der Waals surface area contributed by atoms with Crippen LogP contribution in [0.15, 0.2) is 59.5 Å². The Kier molecular flexibility index (Phi) is 4.78. The molecule has 2 saturated heterocycles. The van der Waals surface area contributed by atoms with Crippen molar-refractivity contribution in [1.29, 1.82) is 0 Å². The van der Waals surface area contributed by atoms with Gasteiger partial charge in [-0.3, -0.25) is 4.79 Å². The molecular formula is C21H23NO4S. The van der Waals surface area contributed by atoms with E-state index < -0.39 is 16.1 Å². The van der Waals surface area contributed by atoms with E-state index in [0.29, 0.717) is 12.2 Å². The molecule has 0 unspecified atom stereocenters. The van der Waals surface area contributed by atoms with Crippen LogP contribution in [0.2, 0.25) is 0 Å². The Bertz CT molecular complexity index is 924. The Hall–Kier alpha value is -2.18. The number of hydrogen-bond acceptors (Lipinski definition) is 4. The van der Waals surface area contributed by atoms with Crippen LogP contribution in [0.5, 0.6) is 5.75 Å². The van der Waals surface area contributed by atoms with Crippen LogP contribution in [-0.4, -0.2) is 31.7 Å². The van der Waals surface area contributed by atoms with Crippen molar-refractivity contribution in [3.63, 3.8) is 0 Å². The monoisotopic (exact) mass is 385 g/mol. The maximum Gasteiger partial charge on any atom is 0.243 e. The number of ketones is 1. The zero-order valence-corrected chi connectivity index (χ0v) is 16.1. The lowest BCUT2D eigenvalue weighted by Gasteiger charge is -2.42. The SMILES string of the molecule is COc1ccc([C@@H]2[C@H]3CCC[C@H](CC3=O)N2S(=O)(=O)c2ccccc2)cc1. The minimum Gasteiger partial charge on any atom is -0.497 e. The highest BCUT2D eigenvalue weighted by Crippen LogP contribution is 2.46. The fourth-order valence-electron chi connectivity index (χ4n) is 4.42. The predicted octanol–water partition coefficient (Wildman–Crippen LogP) is 3.57. The highest BCUT2D eigenvalue weighted by molar-refractivity contribution is 7.89. The third-order valence-corrected chi connectivity index (χ3v) is 7.64. The van der Waals surface area contributed by atoms with E-state index >= 15 is 0 Å². The number of nitrogens with zero attached hydrogens (tertiary/aromatic N) is 1. The average molecular weight is 385 g/mol. The van der Waals surface area contributed by atoms with Crippen molar-refractivity contribution in [3.05, 3.63) is 60.2 Å². The van der Waals surface area contributed by atoms with E-state index in [1.165, 1.54) is 0 Å². The average Bonchev–Trinajstić information content (AvgIpc) is 3.00. The molecule has 2 aromatic carbocycles. The third kappa shape index (κ3) is 3.17. The first kappa shape index (κ1) is 18.2. The smallest absolute Gasteiger partial charge is 0.243 e. The van der Waals surface area contributed by atoms with Crippen LogP contribution < -0.4 is 4.74 Å². The van der Waals surface area contributed by atoms with Gasteiger partial charge in [0.1, 0.15) is 11.5 Å². The molecular weight excluding hydrogens is 362 g/mol. The molecule has 6 heteroatoms. The van der Waals surface area contributed by atoms with Crippen LogP contribution in [-0.2, 0) is 14.8 Å². The normalized spacial score (nSPS) is 26.0. The number of hydrogen-bond donors (Lipinski definition) is 0. The van der Waals surface area contributed by atoms with Gasteiger partial charge in [0.25, 0.3) is 0 Å². The number of carbonyl (C=O) groups excluding carboxylic acids is 1. The molecule has 0 aromatic heterocycles. The minimum atomic E-state index is -3.70. The summed E-state index contributed by atoms with van der Waals surface area (Å²) in [4.78, 5) is 13.0. The van der Waals surface area contributed by atoms with Gasteiger partial charge >= 0.3 is 0 Å². The van der Waals surface area contributed by atoms with Crippen LogP contribution in [0.4, 0.5) is 0 Å². The molecule has 142 valence electrons. The lowest BCUT2D eigenvalue weighted by atomic mass is 9.83. The van der Waals surface area contributed by atoms with Crippen molar-refractivity contribution in [2.45, 2.75) is 42.7 Å². The number of rotatable bonds is 4. The van der Waals surface area contributed by atoms with E-state index in [2.05, 4.69) is 0 Å². The molecule has 0 radical (unpaired) electrons. The maximum absolute atomic E-state index is 13.5. The predicted molar refractivity (Wildman–Crippen MR) is 102 cm³/mol. The van der Waals surface area contributed by atoms with Gasteiger partial charge in [-0.15, -0.1) is 0 Å². The van der Waals surface area contributed by atoms with E-state index in [-0.39, 0.29) is 22.6 Å². The Labute approximate surface area is 160 Å². The Morgan fingerprint density at radius 3 is 2.37 bits per heavy atom. The van der Waals surface area contributed by atoms with E-state index in [9.17, 15) is 13.2 Å². The molecule has 1 aliphatic carbocycles. The molecule has 2 aromatic rings. The molecule has 5 rings (SSSR count). The highest BCUT2D eigenvalue weighted by Gasteiger charge is 2.50. The summed E-state index contributed by atoms with van der Waals surface area (Å²) in [6, 6.07) is 15.2. The lowest BCUT2D eigenvalue weighted by molar-refractivity contribution is -0.128. The van der Waals surface area contributed by atoms with Crippen molar-refractivity contribution >= 4 is 15.8 Å². The Balaban J connectivity index is 1.84. The van der Waals surface area contributed by atoms with Gasteiger partial charge in [0, 0.05) is 18.4 Å². The molecule has 1 saturated carbocycles. The maximum atomic E-state index is 13.5. The van der Waals surface area contributed by atoms with Gasteiger partial charge in [-0.25, -0.2) is 8.42 Å². The van der Waals surface area contributed by atoms with Crippen molar-refractivity contribution in [2.24, 2.45) is 5.92 Å². The summed E-state index contributed by atoms with van der Waals surface area (Å²) in [7, 11) is -2.11. The second kappa shape index (κ2) is 7.09. The van der Waals surface area contributed by atoms with Crippen LogP contribution in [0.25, 0.3) is 0 Å². The number of piperidine rings is 1. The van der Waals surface area contributed by atoms with E-state index in [0.717, 1.165) is 24.8 Å². The molecule has 3 aliphatic rings. The van der Waals surface area contributed by atoms with E-state index in [4.69, 9.17) is 4.74 Å². The van der Waals surface area contributed by atoms with Gasteiger partial charge in [-0.2, -0.15) is 4.31 Å². The molecule has 2 aliphatic heterocycles. The number of sulfonamides is 1. The van der Waals surface area contributed by atoms with Gasteiger partial charge in [-0.05, 0) is 42.7 Å². The Morgan fingerprint density at radius 2 is 1.70 bits per heavy atom. The molecule has 0 N–H and O–H groups in total. The summed E-state index contributed by atoms with van der Waals surface area (Å²) in [6.45, 7) is 0. The Morgan fingerprint density at radius 1 is 1.00 bits per heavy atom. The van der Waals surface area contributed by atoms with Crippen LogP contribution in [0, 0.1) is 5.92 Å². The van der Waals surface area contributed by atoms with Crippen molar-refractivity contribution < 1.29 is 17.9 Å². The summed E-state index contributed by atoms with van der Waals surface area (Å²) in [5.74, 6) is 0.592. The molecule has 27 heavy (non-hydrogen) atoms. The molecule has 3 atom stereocenters. The summed E-state index contributed by atoms with van der Waals surface area (Å²) < 4.78 is 33.9. The van der Waals surface area contributed by atoms with Crippen molar-refractivity contribution in [2.75, 3.05) is 7.11 Å².